The van der Waals surface area contributed by atoms with E-state index in [0.717, 1.165) is 26.0 Å². The molecule has 0 N–H and O–H groups in total. The molecule has 0 aliphatic heterocycles. The van der Waals surface area contributed by atoms with Gasteiger partial charge in [-0.25, -0.2) is 9.97 Å². The van der Waals surface area contributed by atoms with Crippen LogP contribution < -0.4 is 0 Å². The lowest BCUT2D eigenvalue weighted by molar-refractivity contribution is 0.815. The molecule has 0 atom stereocenters. The van der Waals surface area contributed by atoms with E-state index in [1.54, 1.807) is 23.1 Å². The van der Waals surface area contributed by atoms with Crippen LogP contribution in [0.5, 0.6) is 0 Å². The molecule has 0 unspecified atom stereocenters. The third-order valence-electron chi connectivity index (χ3n) is 3.20. The van der Waals surface area contributed by atoms with Crippen LogP contribution in [-0.4, -0.2) is 14.5 Å². The van der Waals surface area contributed by atoms with Gasteiger partial charge in [0, 0.05) is 7.05 Å². The van der Waals surface area contributed by atoms with Gasteiger partial charge in [0.2, 0.25) is 0 Å². The molecule has 98 valence electrons. The highest BCUT2D eigenvalue weighted by atomic mass is 32.2. The van der Waals surface area contributed by atoms with E-state index in [1.807, 2.05) is 43.4 Å². The van der Waals surface area contributed by atoms with E-state index in [9.17, 15) is 0 Å². The Balaban J connectivity index is 1.78. The number of hydrogen-bond donors (Lipinski definition) is 0. The average Bonchev–Trinajstić information content (AvgIpc) is 3.01. The van der Waals surface area contributed by atoms with E-state index in [0.29, 0.717) is 0 Å². The zero-order valence-electron chi connectivity index (χ0n) is 10.8. The number of rotatable bonds is 2. The fourth-order valence-corrected chi connectivity index (χ4v) is 4.22. The average molecular weight is 297 g/mol. The Hall–Kier alpha value is -1.85. The Morgan fingerprint density at radius 2 is 1.70 bits per heavy atom. The second kappa shape index (κ2) is 4.61. The van der Waals surface area contributed by atoms with Crippen molar-refractivity contribution in [3.05, 3.63) is 48.5 Å². The lowest BCUT2D eigenvalue weighted by Crippen LogP contribution is -1.89. The van der Waals surface area contributed by atoms with Crippen molar-refractivity contribution in [2.24, 2.45) is 7.05 Å². The van der Waals surface area contributed by atoms with Gasteiger partial charge in [0.1, 0.15) is 0 Å². The molecule has 20 heavy (non-hydrogen) atoms. The summed E-state index contributed by atoms with van der Waals surface area (Å²) >= 11 is 3.33. The smallest absolute Gasteiger partial charge is 0.175 e. The van der Waals surface area contributed by atoms with Crippen LogP contribution in [0.3, 0.4) is 0 Å². The summed E-state index contributed by atoms with van der Waals surface area (Å²) < 4.78 is 4.37. The van der Waals surface area contributed by atoms with Crippen molar-refractivity contribution >= 4 is 44.3 Å². The fraction of sp³-hybridized carbons (Fsp3) is 0.0667. The van der Waals surface area contributed by atoms with Gasteiger partial charge in [0.25, 0.3) is 0 Å². The molecule has 3 nitrogen and oxygen atoms in total. The maximum Gasteiger partial charge on any atom is 0.175 e. The Morgan fingerprint density at radius 3 is 2.50 bits per heavy atom. The quantitative estimate of drug-likeness (QED) is 0.551. The van der Waals surface area contributed by atoms with Crippen LogP contribution in [0, 0.1) is 0 Å². The Labute approximate surface area is 124 Å². The zero-order chi connectivity index (χ0) is 13.5. The van der Waals surface area contributed by atoms with Crippen molar-refractivity contribution < 1.29 is 0 Å². The number of fused-ring (bicyclic) bond motifs is 2. The summed E-state index contributed by atoms with van der Waals surface area (Å²) in [5, 5.41) is 0.977. The standard InChI is InChI=1S/C15H11N3S2/c1-18-12-8-4-2-6-10(12)16-14(18)20-15-17-11-7-3-5-9-13(11)19-15/h2-9H,1H3. The van der Waals surface area contributed by atoms with Crippen LogP contribution in [0.15, 0.2) is 58.0 Å². The third kappa shape index (κ3) is 1.90. The van der Waals surface area contributed by atoms with Gasteiger partial charge in [0.15, 0.2) is 9.50 Å². The summed E-state index contributed by atoms with van der Waals surface area (Å²) in [5.41, 5.74) is 3.23. The van der Waals surface area contributed by atoms with Gasteiger partial charge >= 0.3 is 0 Å². The molecular weight excluding hydrogens is 286 g/mol. The number of para-hydroxylation sites is 3. The molecule has 4 rings (SSSR count). The summed E-state index contributed by atoms with van der Waals surface area (Å²) in [6.45, 7) is 0. The van der Waals surface area contributed by atoms with Crippen LogP contribution in [-0.2, 0) is 7.05 Å². The number of benzene rings is 2. The fourth-order valence-electron chi connectivity index (χ4n) is 2.19. The summed E-state index contributed by atoms with van der Waals surface area (Å²) in [4.78, 5) is 9.32. The minimum Gasteiger partial charge on any atom is -0.322 e. The molecule has 4 aromatic rings. The first-order chi connectivity index (χ1) is 9.81. The number of aryl methyl sites for hydroxylation is 1. The first-order valence-corrected chi connectivity index (χ1v) is 7.89. The van der Waals surface area contributed by atoms with Gasteiger partial charge in [-0.05, 0) is 36.0 Å². The molecule has 2 aromatic carbocycles. The lowest BCUT2D eigenvalue weighted by atomic mass is 10.3. The molecule has 5 heteroatoms. The van der Waals surface area contributed by atoms with Gasteiger partial charge in [-0.2, -0.15) is 0 Å². The molecule has 0 bridgehead atoms. The number of imidazole rings is 1. The number of thiazole rings is 1. The first kappa shape index (κ1) is 11.9. The molecule has 0 spiro atoms. The SMILES string of the molecule is Cn1c(Sc2nc3ccccc3s2)nc2ccccc21. The lowest BCUT2D eigenvalue weighted by Gasteiger charge is -1.98. The van der Waals surface area contributed by atoms with Gasteiger partial charge in [-0.3, -0.25) is 0 Å². The van der Waals surface area contributed by atoms with Crippen molar-refractivity contribution in [1.82, 2.24) is 14.5 Å². The van der Waals surface area contributed by atoms with Crippen LogP contribution in [0.1, 0.15) is 0 Å². The summed E-state index contributed by atoms with van der Waals surface area (Å²) in [5.74, 6) is 0. The molecule has 0 radical (unpaired) electrons. The minimum atomic E-state index is 0.977. The summed E-state index contributed by atoms with van der Waals surface area (Å²) in [6, 6.07) is 16.4. The second-order valence-electron chi connectivity index (χ2n) is 4.49. The summed E-state index contributed by atoms with van der Waals surface area (Å²) in [6.07, 6.45) is 0. The Morgan fingerprint density at radius 1 is 0.950 bits per heavy atom. The monoisotopic (exact) mass is 297 g/mol. The number of hydrogen-bond acceptors (Lipinski definition) is 4. The van der Waals surface area contributed by atoms with Gasteiger partial charge in [-0.15, -0.1) is 11.3 Å². The van der Waals surface area contributed by atoms with Crippen molar-refractivity contribution in [3.63, 3.8) is 0 Å². The van der Waals surface area contributed by atoms with Crippen molar-refractivity contribution in [3.8, 4) is 0 Å². The van der Waals surface area contributed by atoms with Crippen molar-refractivity contribution in [2.75, 3.05) is 0 Å². The molecule has 0 aliphatic carbocycles. The molecule has 0 saturated carbocycles. The predicted molar refractivity (Wildman–Crippen MR) is 84.5 cm³/mol. The summed E-state index contributed by atoms with van der Waals surface area (Å²) in [7, 11) is 2.05. The van der Waals surface area contributed by atoms with Crippen molar-refractivity contribution in [2.45, 2.75) is 9.50 Å². The minimum absolute atomic E-state index is 0.977. The first-order valence-electron chi connectivity index (χ1n) is 6.26. The maximum atomic E-state index is 4.67. The molecule has 2 heterocycles. The van der Waals surface area contributed by atoms with E-state index in [1.165, 1.54) is 4.70 Å². The van der Waals surface area contributed by atoms with Crippen LogP contribution in [0.2, 0.25) is 0 Å². The zero-order valence-corrected chi connectivity index (χ0v) is 12.4. The molecule has 2 aromatic heterocycles. The molecule has 0 fully saturated rings. The molecule has 0 aliphatic rings. The normalized spacial score (nSPS) is 11.4. The largest absolute Gasteiger partial charge is 0.322 e. The van der Waals surface area contributed by atoms with Crippen LogP contribution >= 0.6 is 23.1 Å². The number of nitrogens with zero attached hydrogens (tertiary/aromatic N) is 3. The van der Waals surface area contributed by atoms with Gasteiger partial charge in [0.05, 0.1) is 21.3 Å². The van der Waals surface area contributed by atoms with Crippen LogP contribution in [0.4, 0.5) is 0 Å². The highest BCUT2D eigenvalue weighted by Gasteiger charge is 2.11. The highest BCUT2D eigenvalue weighted by Crippen LogP contribution is 2.34. The van der Waals surface area contributed by atoms with E-state index in [2.05, 4.69) is 26.7 Å². The van der Waals surface area contributed by atoms with Gasteiger partial charge in [-0.1, -0.05) is 24.3 Å². The Bertz CT molecular complexity index is 875. The molecule has 0 saturated heterocycles. The van der Waals surface area contributed by atoms with Crippen molar-refractivity contribution in [1.29, 1.82) is 0 Å². The topological polar surface area (TPSA) is 30.7 Å². The van der Waals surface area contributed by atoms with Crippen LogP contribution in [0.25, 0.3) is 21.3 Å². The van der Waals surface area contributed by atoms with Gasteiger partial charge < -0.3 is 4.57 Å². The van der Waals surface area contributed by atoms with E-state index in [-0.39, 0.29) is 0 Å². The molecule has 0 amide bonds. The maximum absolute atomic E-state index is 4.67. The number of aromatic nitrogens is 3. The molecular formula is C15H11N3S2. The highest BCUT2D eigenvalue weighted by molar-refractivity contribution is 8.01. The van der Waals surface area contributed by atoms with E-state index in [4.69, 9.17) is 0 Å². The van der Waals surface area contributed by atoms with E-state index < -0.39 is 0 Å². The Kier molecular flexibility index (Phi) is 2.75. The second-order valence-corrected chi connectivity index (χ2v) is 6.74. The third-order valence-corrected chi connectivity index (χ3v) is 5.34. The predicted octanol–water partition coefficient (Wildman–Crippen LogP) is 4.33. The van der Waals surface area contributed by atoms with E-state index >= 15 is 0 Å².